The summed E-state index contributed by atoms with van der Waals surface area (Å²) in [6, 6.07) is 15.0. The number of nitrogens with two attached hydrogens (primary N) is 1. The number of hydrogen-bond acceptors (Lipinski definition) is 3. The van der Waals surface area contributed by atoms with Crippen molar-refractivity contribution in [1.29, 1.82) is 0 Å². The van der Waals surface area contributed by atoms with Crippen LogP contribution in [0.2, 0.25) is 0 Å². The molecule has 0 aliphatic rings. The van der Waals surface area contributed by atoms with Crippen LogP contribution in [0.5, 0.6) is 5.75 Å². The molecule has 0 saturated carbocycles. The SMILES string of the molecule is COc1ccccc1C(=O)NCCCc1ccc(N)cc1. The fraction of sp³-hybridized carbons (Fsp3) is 0.235. The Kier molecular flexibility index (Phi) is 5.21. The first kappa shape index (κ1) is 14.9. The zero-order valence-electron chi connectivity index (χ0n) is 12.1. The maximum Gasteiger partial charge on any atom is 0.255 e. The topological polar surface area (TPSA) is 64.3 Å². The zero-order chi connectivity index (χ0) is 15.1. The highest BCUT2D eigenvalue weighted by atomic mass is 16.5. The molecule has 110 valence electrons. The van der Waals surface area contributed by atoms with Gasteiger partial charge in [-0.2, -0.15) is 0 Å². The molecular weight excluding hydrogens is 264 g/mol. The van der Waals surface area contributed by atoms with Crippen molar-refractivity contribution in [1.82, 2.24) is 5.32 Å². The molecule has 0 saturated heterocycles. The standard InChI is InChI=1S/C17H20N2O2/c1-21-16-7-3-2-6-15(16)17(20)19-12-4-5-13-8-10-14(18)11-9-13/h2-3,6-11H,4-5,12,18H2,1H3,(H,19,20). The van der Waals surface area contributed by atoms with Gasteiger partial charge in [0.2, 0.25) is 0 Å². The lowest BCUT2D eigenvalue weighted by Crippen LogP contribution is -2.25. The highest BCUT2D eigenvalue weighted by Crippen LogP contribution is 2.16. The summed E-state index contributed by atoms with van der Waals surface area (Å²) in [5.74, 6) is 0.485. The summed E-state index contributed by atoms with van der Waals surface area (Å²) in [6.45, 7) is 0.626. The van der Waals surface area contributed by atoms with Gasteiger partial charge in [-0.05, 0) is 42.7 Å². The normalized spacial score (nSPS) is 10.1. The van der Waals surface area contributed by atoms with Crippen molar-refractivity contribution >= 4 is 11.6 Å². The van der Waals surface area contributed by atoms with E-state index in [2.05, 4.69) is 5.32 Å². The molecule has 21 heavy (non-hydrogen) atoms. The maximum atomic E-state index is 12.1. The van der Waals surface area contributed by atoms with Crippen LogP contribution >= 0.6 is 0 Å². The third-order valence-electron chi connectivity index (χ3n) is 3.26. The van der Waals surface area contributed by atoms with Gasteiger partial charge in [0.15, 0.2) is 0 Å². The Bertz CT molecular complexity index is 594. The van der Waals surface area contributed by atoms with Gasteiger partial charge >= 0.3 is 0 Å². The van der Waals surface area contributed by atoms with E-state index in [0.717, 1.165) is 18.5 Å². The number of ether oxygens (including phenoxy) is 1. The average Bonchev–Trinajstić information content (AvgIpc) is 2.53. The summed E-state index contributed by atoms with van der Waals surface area (Å²) < 4.78 is 5.18. The van der Waals surface area contributed by atoms with Crippen LogP contribution < -0.4 is 15.8 Å². The average molecular weight is 284 g/mol. The molecule has 0 unspecified atom stereocenters. The van der Waals surface area contributed by atoms with Crippen molar-refractivity contribution in [2.45, 2.75) is 12.8 Å². The van der Waals surface area contributed by atoms with E-state index >= 15 is 0 Å². The van der Waals surface area contributed by atoms with Gasteiger partial charge in [0, 0.05) is 12.2 Å². The number of methoxy groups -OCH3 is 1. The Morgan fingerprint density at radius 2 is 1.86 bits per heavy atom. The molecule has 2 aromatic carbocycles. The summed E-state index contributed by atoms with van der Waals surface area (Å²) >= 11 is 0. The Hall–Kier alpha value is -2.49. The van der Waals surface area contributed by atoms with Crippen LogP contribution in [0, 0.1) is 0 Å². The van der Waals surface area contributed by atoms with Crippen LogP contribution in [0.25, 0.3) is 0 Å². The van der Waals surface area contributed by atoms with Gasteiger partial charge in [0.1, 0.15) is 5.75 Å². The van der Waals surface area contributed by atoms with Crippen molar-refractivity contribution < 1.29 is 9.53 Å². The molecule has 1 amide bonds. The summed E-state index contributed by atoms with van der Waals surface area (Å²) in [4.78, 5) is 12.1. The lowest BCUT2D eigenvalue weighted by Gasteiger charge is -2.09. The van der Waals surface area contributed by atoms with E-state index in [1.54, 1.807) is 19.2 Å². The van der Waals surface area contributed by atoms with Crippen molar-refractivity contribution in [3.8, 4) is 5.75 Å². The van der Waals surface area contributed by atoms with Gasteiger partial charge in [-0.3, -0.25) is 4.79 Å². The van der Waals surface area contributed by atoms with Crippen molar-refractivity contribution in [3.05, 3.63) is 59.7 Å². The van der Waals surface area contributed by atoms with E-state index in [0.29, 0.717) is 17.9 Å². The summed E-state index contributed by atoms with van der Waals surface area (Å²) in [7, 11) is 1.56. The molecule has 0 bridgehead atoms. The highest BCUT2D eigenvalue weighted by Gasteiger charge is 2.10. The smallest absolute Gasteiger partial charge is 0.255 e. The number of amides is 1. The number of carbonyl (C=O) groups is 1. The first-order valence-corrected chi connectivity index (χ1v) is 6.96. The lowest BCUT2D eigenvalue weighted by molar-refractivity contribution is 0.0950. The van der Waals surface area contributed by atoms with Crippen LogP contribution in [0.15, 0.2) is 48.5 Å². The van der Waals surface area contributed by atoms with E-state index in [1.165, 1.54) is 5.56 Å². The van der Waals surface area contributed by atoms with Gasteiger partial charge in [0.05, 0.1) is 12.7 Å². The summed E-state index contributed by atoms with van der Waals surface area (Å²) in [5, 5.41) is 2.91. The number of nitrogens with one attached hydrogen (secondary N) is 1. The largest absolute Gasteiger partial charge is 0.496 e. The Balaban J connectivity index is 1.80. The zero-order valence-corrected chi connectivity index (χ0v) is 12.1. The second-order valence-electron chi connectivity index (χ2n) is 4.80. The number of carbonyl (C=O) groups excluding carboxylic acids is 1. The van der Waals surface area contributed by atoms with Crippen LogP contribution in [0.3, 0.4) is 0 Å². The molecule has 0 aliphatic heterocycles. The minimum absolute atomic E-state index is 0.107. The molecule has 0 aromatic heterocycles. The Labute approximate surface area is 124 Å². The Morgan fingerprint density at radius 3 is 2.57 bits per heavy atom. The minimum Gasteiger partial charge on any atom is -0.496 e. The highest BCUT2D eigenvalue weighted by molar-refractivity contribution is 5.96. The van der Waals surface area contributed by atoms with Gasteiger partial charge < -0.3 is 15.8 Å². The molecular formula is C17H20N2O2. The third-order valence-corrected chi connectivity index (χ3v) is 3.26. The van der Waals surface area contributed by atoms with Crippen molar-refractivity contribution in [2.75, 3.05) is 19.4 Å². The number of anilines is 1. The molecule has 0 fully saturated rings. The molecule has 0 atom stereocenters. The van der Waals surface area contributed by atoms with Gasteiger partial charge in [-0.15, -0.1) is 0 Å². The fourth-order valence-corrected chi connectivity index (χ4v) is 2.11. The van der Waals surface area contributed by atoms with E-state index in [-0.39, 0.29) is 5.91 Å². The first-order valence-electron chi connectivity index (χ1n) is 6.96. The molecule has 3 N–H and O–H groups in total. The predicted octanol–water partition coefficient (Wildman–Crippen LogP) is 2.64. The van der Waals surface area contributed by atoms with Crippen LogP contribution in [-0.2, 0) is 6.42 Å². The molecule has 2 rings (SSSR count). The minimum atomic E-state index is -0.107. The van der Waals surface area contributed by atoms with Gasteiger partial charge in [-0.1, -0.05) is 24.3 Å². The van der Waals surface area contributed by atoms with Crippen LogP contribution in [0.4, 0.5) is 5.69 Å². The van der Waals surface area contributed by atoms with Gasteiger partial charge in [-0.25, -0.2) is 0 Å². The number of aryl methyl sites for hydroxylation is 1. The van der Waals surface area contributed by atoms with Crippen molar-refractivity contribution in [2.24, 2.45) is 0 Å². The third kappa shape index (κ3) is 4.24. The number of nitrogen functional groups attached to an aromatic ring is 1. The second-order valence-corrected chi connectivity index (χ2v) is 4.80. The molecule has 0 heterocycles. The summed E-state index contributed by atoms with van der Waals surface area (Å²) in [5.41, 5.74) is 8.19. The number of rotatable bonds is 6. The molecule has 4 nitrogen and oxygen atoms in total. The van der Waals surface area contributed by atoms with Crippen LogP contribution in [0.1, 0.15) is 22.3 Å². The molecule has 4 heteroatoms. The monoisotopic (exact) mass is 284 g/mol. The second kappa shape index (κ2) is 7.33. The lowest BCUT2D eigenvalue weighted by atomic mass is 10.1. The molecule has 0 spiro atoms. The molecule has 2 aromatic rings. The Morgan fingerprint density at radius 1 is 1.14 bits per heavy atom. The molecule has 0 radical (unpaired) electrons. The summed E-state index contributed by atoms with van der Waals surface area (Å²) in [6.07, 6.45) is 1.79. The predicted molar refractivity (Wildman–Crippen MR) is 84.5 cm³/mol. The van der Waals surface area contributed by atoms with E-state index in [4.69, 9.17) is 10.5 Å². The van der Waals surface area contributed by atoms with E-state index in [1.807, 2.05) is 36.4 Å². The van der Waals surface area contributed by atoms with Crippen molar-refractivity contribution in [3.63, 3.8) is 0 Å². The first-order chi connectivity index (χ1) is 10.2. The number of benzene rings is 2. The van der Waals surface area contributed by atoms with E-state index < -0.39 is 0 Å². The van der Waals surface area contributed by atoms with E-state index in [9.17, 15) is 4.79 Å². The fourth-order valence-electron chi connectivity index (χ4n) is 2.11. The molecule has 0 aliphatic carbocycles. The number of hydrogen-bond donors (Lipinski definition) is 2. The number of para-hydroxylation sites is 1. The maximum absolute atomic E-state index is 12.1. The van der Waals surface area contributed by atoms with Gasteiger partial charge in [0.25, 0.3) is 5.91 Å². The van der Waals surface area contributed by atoms with Crippen LogP contribution in [-0.4, -0.2) is 19.6 Å². The quantitative estimate of drug-likeness (QED) is 0.633.